The minimum atomic E-state index is -0.785. The molecule has 1 aromatic carbocycles. The molecule has 1 aromatic rings. The van der Waals surface area contributed by atoms with Crippen LogP contribution in [0.4, 0.5) is 5.69 Å². The van der Waals surface area contributed by atoms with E-state index in [9.17, 15) is 14.4 Å². The number of carboxylic acids is 1. The summed E-state index contributed by atoms with van der Waals surface area (Å²) in [4.78, 5) is 41.5. The van der Waals surface area contributed by atoms with E-state index in [1.165, 1.54) is 5.69 Å². The van der Waals surface area contributed by atoms with Crippen LogP contribution in [0.2, 0.25) is 0 Å². The van der Waals surface area contributed by atoms with E-state index < -0.39 is 5.97 Å². The van der Waals surface area contributed by atoms with Gasteiger partial charge in [0.15, 0.2) is 0 Å². The van der Waals surface area contributed by atoms with Gasteiger partial charge in [-0.25, -0.2) is 0 Å². The van der Waals surface area contributed by atoms with Crippen molar-refractivity contribution >= 4 is 23.5 Å². The molecule has 2 aliphatic rings. The Kier molecular flexibility index (Phi) is 6.32. The Bertz CT molecular complexity index is 663. The number of carboxylic acid groups (broad SMARTS) is 1. The lowest BCUT2D eigenvalue weighted by Gasteiger charge is -2.36. The summed E-state index contributed by atoms with van der Waals surface area (Å²) in [6.45, 7) is 3.89. The molecule has 2 saturated heterocycles. The van der Waals surface area contributed by atoms with Gasteiger partial charge in [-0.2, -0.15) is 0 Å². The highest BCUT2D eigenvalue weighted by molar-refractivity contribution is 5.84. The second kappa shape index (κ2) is 8.88. The Balaban J connectivity index is 1.39. The van der Waals surface area contributed by atoms with E-state index in [1.54, 1.807) is 4.90 Å². The molecule has 0 saturated carbocycles. The summed E-state index contributed by atoms with van der Waals surface area (Å²) in [7, 11) is 0. The number of para-hydroxylation sites is 1. The maximum atomic E-state index is 12.4. The molecule has 2 amide bonds. The van der Waals surface area contributed by atoms with Gasteiger partial charge in [0.1, 0.15) is 0 Å². The number of piperazine rings is 1. The molecule has 1 N–H and O–H groups in total. The van der Waals surface area contributed by atoms with Crippen molar-refractivity contribution in [2.75, 3.05) is 44.2 Å². The van der Waals surface area contributed by atoms with Gasteiger partial charge in [0.05, 0.1) is 5.92 Å². The Morgan fingerprint density at radius 2 is 1.33 bits per heavy atom. The predicted molar refractivity (Wildman–Crippen MR) is 101 cm³/mol. The van der Waals surface area contributed by atoms with Crippen LogP contribution < -0.4 is 4.90 Å². The molecule has 3 rings (SSSR count). The quantitative estimate of drug-likeness (QED) is 0.845. The Hall–Kier alpha value is -2.57. The number of carbonyl (C=O) groups excluding carboxylic acids is 2. The lowest BCUT2D eigenvalue weighted by atomic mass is 9.97. The first-order valence-corrected chi connectivity index (χ1v) is 9.63. The zero-order chi connectivity index (χ0) is 19.2. The Morgan fingerprint density at radius 1 is 0.815 bits per heavy atom. The number of piperidine rings is 1. The van der Waals surface area contributed by atoms with Gasteiger partial charge in [0, 0.05) is 57.8 Å². The SMILES string of the molecule is O=C(O)C1CCN(C(=O)CCC(=O)N2CCN(c3ccccc3)CC2)CC1. The van der Waals surface area contributed by atoms with Crippen molar-refractivity contribution in [2.24, 2.45) is 5.92 Å². The molecule has 7 nitrogen and oxygen atoms in total. The third-order valence-corrected chi connectivity index (χ3v) is 5.50. The second-order valence-corrected chi connectivity index (χ2v) is 7.20. The van der Waals surface area contributed by atoms with Crippen molar-refractivity contribution in [3.63, 3.8) is 0 Å². The van der Waals surface area contributed by atoms with E-state index in [0.717, 1.165) is 13.1 Å². The maximum absolute atomic E-state index is 12.4. The molecule has 0 radical (unpaired) electrons. The minimum Gasteiger partial charge on any atom is -0.481 e. The molecule has 2 heterocycles. The number of amides is 2. The van der Waals surface area contributed by atoms with E-state index in [2.05, 4.69) is 17.0 Å². The van der Waals surface area contributed by atoms with Crippen molar-refractivity contribution in [1.82, 2.24) is 9.80 Å². The molecular weight excluding hydrogens is 346 g/mol. The highest BCUT2D eigenvalue weighted by atomic mass is 16.4. The van der Waals surface area contributed by atoms with Gasteiger partial charge in [0.2, 0.25) is 11.8 Å². The zero-order valence-electron chi connectivity index (χ0n) is 15.5. The summed E-state index contributed by atoms with van der Waals surface area (Å²) in [5.74, 6) is -1.16. The number of rotatable bonds is 5. The minimum absolute atomic E-state index is 0.0245. The number of likely N-dealkylation sites (tertiary alicyclic amines) is 1. The van der Waals surface area contributed by atoms with Gasteiger partial charge in [-0.3, -0.25) is 14.4 Å². The standard InChI is InChI=1S/C20H27N3O4/c24-18(22-10-8-16(9-11-22)20(26)27)6-7-19(25)23-14-12-21(13-15-23)17-4-2-1-3-5-17/h1-5,16H,6-15H2,(H,26,27). The highest BCUT2D eigenvalue weighted by Crippen LogP contribution is 2.19. The molecule has 7 heteroatoms. The molecular formula is C20H27N3O4. The number of nitrogens with zero attached hydrogens (tertiary/aromatic N) is 3. The van der Waals surface area contributed by atoms with E-state index in [-0.39, 0.29) is 30.6 Å². The normalized spacial score (nSPS) is 18.4. The van der Waals surface area contributed by atoms with E-state index in [1.807, 2.05) is 23.1 Å². The van der Waals surface area contributed by atoms with Gasteiger partial charge in [-0.05, 0) is 25.0 Å². The summed E-state index contributed by atoms with van der Waals surface area (Å²) in [6, 6.07) is 10.2. The molecule has 0 aliphatic carbocycles. The lowest BCUT2D eigenvalue weighted by molar-refractivity contribution is -0.146. The molecule has 0 bridgehead atoms. The lowest BCUT2D eigenvalue weighted by Crippen LogP contribution is -2.49. The van der Waals surface area contributed by atoms with Crippen LogP contribution in [0.15, 0.2) is 30.3 Å². The summed E-state index contributed by atoms with van der Waals surface area (Å²) in [5, 5.41) is 9.02. The Labute approximate surface area is 159 Å². The van der Waals surface area contributed by atoms with Gasteiger partial charge in [-0.15, -0.1) is 0 Å². The first-order chi connectivity index (χ1) is 13.0. The maximum Gasteiger partial charge on any atom is 0.306 e. The summed E-state index contributed by atoms with van der Waals surface area (Å²) >= 11 is 0. The predicted octanol–water partition coefficient (Wildman–Crippen LogP) is 1.44. The third-order valence-electron chi connectivity index (χ3n) is 5.50. The molecule has 0 spiro atoms. The molecule has 2 aliphatic heterocycles. The Morgan fingerprint density at radius 3 is 1.85 bits per heavy atom. The largest absolute Gasteiger partial charge is 0.481 e. The van der Waals surface area contributed by atoms with Crippen molar-refractivity contribution < 1.29 is 19.5 Å². The van der Waals surface area contributed by atoms with Crippen molar-refractivity contribution in [3.8, 4) is 0 Å². The number of aliphatic carboxylic acids is 1. The smallest absolute Gasteiger partial charge is 0.306 e. The average Bonchev–Trinajstić information content (AvgIpc) is 2.72. The highest BCUT2D eigenvalue weighted by Gasteiger charge is 2.28. The fourth-order valence-corrected chi connectivity index (χ4v) is 3.76. The van der Waals surface area contributed by atoms with Gasteiger partial charge >= 0.3 is 5.97 Å². The molecule has 0 atom stereocenters. The fraction of sp³-hybridized carbons (Fsp3) is 0.550. The molecule has 146 valence electrons. The van der Waals surface area contributed by atoms with Crippen LogP contribution in [0, 0.1) is 5.92 Å². The van der Waals surface area contributed by atoms with E-state index in [4.69, 9.17) is 5.11 Å². The van der Waals surface area contributed by atoms with Crippen LogP contribution in [0.1, 0.15) is 25.7 Å². The number of hydrogen-bond acceptors (Lipinski definition) is 4. The first kappa shape index (κ1) is 19.2. The molecule has 0 unspecified atom stereocenters. The second-order valence-electron chi connectivity index (χ2n) is 7.20. The monoisotopic (exact) mass is 373 g/mol. The summed E-state index contributed by atoms with van der Waals surface area (Å²) in [5.41, 5.74) is 1.17. The van der Waals surface area contributed by atoms with Crippen LogP contribution in [0.3, 0.4) is 0 Å². The molecule has 2 fully saturated rings. The van der Waals surface area contributed by atoms with Gasteiger partial charge < -0.3 is 19.8 Å². The number of carbonyl (C=O) groups is 3. The van der Waals surface area contributed by atoms with Gasteiger partial charge in [0.25, 0.3) is 0 Å². The average molecular weight is 373 g/mol. The molecule has 27 heavy (non-hydrogen) atoms. The van der Waals surface area contributed by atoms with Crippen LogP contribution in [0.5, 0.6) is 0 Å². The van der Waals surface area contributed by atoms with Crippen LogP contribution in [0.25, 0.3) is 0 Å². The van der Waals surface area contributed by atoms with E-state index >= 15 is 0 Å². The topological polar surface area (TPSA) is 81.2 Å². The molecule has 0 aromatic heterocycles. The zero-order valence-corrected chi connectivity index (χ0v) is 15.5. The number of anilines is 1. The van der Waals surface area contributed by atoms with Crippen molar-refractivity contribution in [1.29, 1.82) is 0 Å². The van der Waals surface area contributed by atoms with Crippen molar-refractivity contribution in [3.05, 3.63) is 30.3 Å². The summed E-state index contributed by atoms with van der Waals surface area (Å²) < 4.78 is 0. The van der Waals surface area contributed by atoms with Crippen LogP contribution in [-0.4, -0.2) is 72.0 Å². The van der Waals surface area contributed by atoms with Crippen LogP contribution in [-0.2, 0) is 14.4 Å². The fourth-order valence-electron chi connectivity index (χ4n) is 3.76. The van der Waals surface area contributed by atoms with Crippen LogP contribution >= 0.6 is 0 Å². The van der Waals surface area contributed by atoms with Gasteiger partial charge in [-0.1, -0.05) is 18.2 Å². The van der Waals surface area contributed by atoms with E-state index in [0.29, 0.717) is 39.0 Å². The van der Waals surface area contributed by atoms with Crippen molar-refractivity contribution in [2.45, 2.75) is 25.7 Å². The third kappa shape index (κ3) is 4.99. The summed E-state index contributed by atoms with van der Waals surface area (Å²) in [6.07, 6.45) is 1.42. The number of hydrogen-bond donors (Lipinski definition) is 1. The number of benzene rings is 1. The first-order valence-electron chi connectivity index (χ1n) is 9.63.